The first-order valence-corrected chi connectivity index (χ1v) is 9.11. The van der Waals surface area contributed by atoms with Gasteiger partial charge in [-0.3, -0.25) is 9.78 Å². The number of rotatable bonds is 3. The highest BCUT2D eigenvalue weighted by Gasteiger charge is 2.22. The highest BCUT2D eigenvalue weighted by atomic mass is 79.9. The van der Waals surface area contributed by atoms with Crippen LogP contribution in [0.5, 0.6) is 0 Å². The summed E-state index contributed by atoms with van der Waals surface area (Å²) in [5.74, 6) is 0.730. The quantitative estimate of drug-likeness (QED) is 0.824. The molecule has 0 aliphatic carbocycles. The summed E-state index contributed by atoms with van der Waals surface area (Å²) in [6.07, 6.45) is 3.83. The van der Waals surface area contributed by atoms with Gasteiger partial charge in [-0.1, -0.05) is 22.9 Å². The summed E-state index contributed by atoms with van der Waals surface area (Å²) < 4.78 is 1.08. The van der Waals surface area contributed by atoms with Crippen LogP contribution in [0.2, 0.25) is 0 Å². The Bertz CT molecular complexity index is 739. The lowest BCUT2D eigenvalue weighted by Crippen LogP contribution is -2.38. The number of halogens is 1. The summed E-state index contributed by atoms with van der Waals surface area (Å²) in [7, 11) is 0. The molecule has 1 saturated heterocycles. The third-order valence-electron chi connectivity index (χ3n) is 4.50. The molecular weight excluding hydrogens is 366 g/mol. The normalized spacial score (nSPS) is 15.4. The van der Waals surface area contributed by atoms with Gasteiger partial charge in [0.1, 0.15) is 5.69 Å². The minimum atomic E-state index is 0.0255. The molecule has 1 aromatic heterocycles. The topological polar surface area (TPSA) is 45.2 Å². The number of benzene rings is 1. The van der Waals surface area contributed by atoms with Gasteiger partial charge in [-0.15, -0.1) is 0 Å². The number of aromatic nitrogens is 1. The Morgan fingerprint density at radius 2 is 1.92 bits per heavy atom. The molecule has 1 amide bonds. The number of carbonyl (C=O) groups is 1. The number of hydrogen-bond donors (Lipinski definition) is 1. The van der Waals surface area contributed by atoms with Crippen molar-refractivity contribution < 1.29 is 4.79 Å². The zero-order chi connectivity index (χ0) is 17.1. The molecule has 1 aliphatic rings. The second-order valence-corrected chi connectivity index (χ2v) is 7.35. The van der Waals surface area contributed by atoms with Crippen LogP contribution in [0.25, 0.3) is 0 Å². The molecule has 126 valence electrons. The van der Waals surface area contributed by atoms with E-state index < -0.39 is 0 Å². The average molecular weight is 388 g/mol. The fourth-order valence-electron chi connectivity index (χ4n) is 2.89. The maximum absolute atomic E-state index is 12.6. The fraction of sp³-hybridized carbons (Fsp3) is 0.368. The Kier molecular flexibility index (Phi) is 5.19. The van der Waals surface area contributed by atoms with Crippen LogP contribution in [-0.4, -0.2) is 28.9 Å². The predicted octanol–water partition coefficient (Wildman–Crippen LogP) is 4.77. The van der Waals surface area contributed by atoms with Crippen molar-refractivity contribution in [1.82, 2.24) is 9.88 Å². The summed E-state index contributed by atoms with van der Waals surface area (Å²) in [5.41, 5.74) is 3.53. The van der Waals surface area contributed by atoms with Gasteiger partial charge in [0.15, 0.2) is 0 Å². The maximum atomic E-state index is 12.6. The van der Waals surface area contributed by atoms with Gasteiger partial charge in [0.2, 0.25) is 0 Å². The number of aryl methyl sites for hydroxylation is 1. The van der Waals surface area contributed by atoms with Crippen molar-refractivity contribution in [2.75, 3.05) is 18.4 Å². The number of nitrogens with one attached hydrogen (secondary N) is 1. The lowest BCUT2D eigenvalue weighted by atomic mass is 9.99. The molecule has 0 spiro atoms. The van der Waals surface area contributed by atoms with Crippen LogP contribution in [0.15, 0.2) is 41.0 Å². The largest absolute Gasteiger partial charge is 0.355 e. The molecule has 0 unspecified atom stereocenters. The predicted molar refractivity (Wildman–Crippen MR) is 101 cm³/mol. The molecule has 2 aromatic rings. The first kappa shape index (κ1) is 17.0. The summed E-state index contributed by atoms with van der Waals surface area (Å²) in [4.78, 5) is 18.8. The molecule has 1 fully saturated rings. The van der Waals surface area contributed by atoms with E-state index in [9.17, 15) is 4.79 Å². The van der Waals surface area contributed by atoms with Crippen LogP contribution >= 0.6 is 15.9 Å². The highest BCUT2D eigenvalue weighted by Crippen LogP contribution is 2.24. The van der Waals surface area contributed by atoms with Crippen molar-refractivity contribution in [3.63, 3.8) is 0 Å². The average Bonchev–Trinajstić information content (AvgIpc) is 2.58. The summed E-state index contributed by atoms with van der Waals surface area (Å²) in [6, 6.07) is 9.80. The van der Waals surface area contributed by atoms with Crippen LogP contribution in [-0.2, 0) is 0 Å². The summed E-state index contributed by atoms with van der Waals surface area (Å²) >= 11 is 3.51. The monoisotopic (exact) mass is 387 g/mol. The van der Waals surface area contributed by atoms with Crippen LogP contribution in [0.3, 0.4) is 0 Å². The van der Waals surface area contributed by atoms with Gasteiger partial charge >= 0.3 is 0 Å². The number of piperidine rings is 1. The number of likely N-dealkylation sites (tertiary alicyclic amines) is 1. The molecule has 4 nitrogen and oxygen atoms in total. The van der Waals surface area contributed by atoms with Gasteiger partial charge in [0.05, 0.1) is 0 Å². The lowest BCUT2D eigenvalue weighted by Gasteiger charge is -2.30. The van der Waals surface area contributed by atoms with Crippen molar-refractivity contribution in [3.05, 3.63) is 52.3 Å². The second-order valence-electron chi connectivity index (χ2n) is 6.49. The van der Waals surface area contributed by atoms with E-state index in [1.165, 1.54) is 0 Å². The molecule has 1 N–H and O–H groups in total. The van der Waals surface area contributed by atoms with Gasteiger partial charge < -0.3 is 10.2 Å². The Labute approximate surface area is 151 Å². The van der Waals surface area contributed by atoms with Crippen molar-refractivity contribution in [2.45, 2.75) is 26.7 Å². The lowest BCUT2D eigenvalue weighted by molar-refractivity contribution is 0.0691. The Morgan fingerprint density at radius 1 is 1.21 bits per heavy atom. The van der Waals surface area contributed by atoms with Crippen molar-refractivity contribution in [2.24, 2.45) is 5.92 Å². The molecule has 1 aromatic carbocycles. The van der Waals surface area contributed by atoms with Gasteiger partial charge in [0, 0.05) is 35.1 Å². The van der Waals surface area contributed by atoms with Crippen LogP contribution < -0.4 is 5.32 Å². The SMILES string of the molecule is Cc1cc(Nc2ccnc(C(=O)N3CCC(C)CC3)c2)ccc1Br. The minimum Gasteiger partial charge on any atom is -0.355 e. The fourth-order valence-corrected chi connectivity index (χ4v) is 3.13. The van der Waals surface area contributed by atoms with Crippen LogP contribution in [0, 0.1) is 12.8 Å². The Hall–Kier alpha value is -1.88. The molecule has 2 heterocycles. The minimum absolute atomic E-state index is 0.0255. The van der Waals surface area contributed by atoms with Crippen molar-refractivity contribution >= 4 is 33.2 Å². The molecule has 0 atom stereocenters. The molecule has 1 aliphatic heterocycles. The first-order chi connectivity index (χ1) is 11.5. The van der Waals surface area contributed by atoms with E-state index in [1.54, 1.807) is 6.20 Å². The molecule has 24 heavy (non-hydrogen) atoms. The highest BCUT2D eigenvalue weighted by molar-refractivity contribution is 9.10. The molecule has 0 radical (unpaired) electrons. The van der Waals surface area contributed by atoms with E-state index in [1.807, 2.05) is 36.1 Å². The molecule has 5 heteroatoms. The van der Waals surface area contributed by atoms with E-state index in [-0.39, 0.29) is 5.91 Å². The number of carbonyl (C=O) groups excluding carboxylic acids is 1. The molecule has 0 saturated carbocycles. The molecular formula is C19H22BrN3O. The van der Waals surface area contributed by atoms with Crippen LogP contribution in [0.4, 0.5) is 11.4 Å². The van der Waals surface area contributed by atoms with Crippen molar-refractivity contribution in [3.8, 4) is 0 Å². The standard InChI is InChI=1S/C19H22BrN3O/c1-13-6-9-23(10-7-13)19(24)18-12-16(5-8-21-18)22-15-3-4-17(20)14(2)11-15/h3-5,8,11-13H,6-7,9-10H2,1-2H3,(H,21,22). The zero-order valence-electron chi connectivity index (χ0n) is 14.1. The Balaban J connectivity index is 1.73. The number of amides is 1. The third-order valence-corrected chi connectivity index (χ3v) is 5.39. The van der Waals surface area contributed by atoms with E-state index in [0.717, 1.165) is 47.3 Å². The van der Waals surface area contributed by atoms with Crippen LogP contribution in [0.1, 0.15) is 35.8 Å². The van der Waals surface area contributed by atoms with E-state index >= 15 is 0 Å². The third kappa shape index (κ3) is 3.96. The Morgan fingerprint density at radius 3 is 2.62 bits per heavy atom. The first-order valence-electron chi connectivity index (χ1n) is 8.31. The van der Waals surface area contributed by atoms with Crippen molar-refractivity contribution in [1.29, 1.82) is 0 Å². The number of hydrogen-bond acceptors (Lipinski definition) is 3. The summed E-state index contributed by atoms with van der Waals surface area (Å²) in [6.45, 7) is 5.94. The number of pyridine rings is 1. The smallest absolute Gasteiger partial charge is 0.272 e. The molecule has 0 bridgehead atoms. The van der Waals surface area contributed by atoms with Gasteiger partial charge in [0.25, 0.3) is 5.91 Å². The van der Waals surface area contributed by atoms with E-state index in [4.69, 9.17) is 0 Å². The number of nitrogens with zero attached hydrogens (tertiary/aromatic N) is 2. The number of anilines is 2. The van der Waals surface area contributed by atoms with Gasteiger partial charge in [-0.05, 0) is 61.6 Å². The second kappa shape index (κ2) is 7.34. The van der Waals surface area contributed by atoms with Gasteiger partial charge in [-0.2, -0.15) is 0 Å². The van der Waals surface area contributed by atoms with E-state index in [0.29, 0.717) is 11.6 Å². The summed E-state index contributed by atoms with van der Waals surface area (Å²) in [5, 5.41) is 3.35. The zero-order valence-corrected chi connectivity index (χ0v) is 15.6. The van der Waals surface area contributed by atoms with Gasteiger partial charge in [-0.25, -0.2) is 0 Å². The van der Waals surface area contributed by atoms with E-state index in [2.05, 4.69) is 39.2 Å². The molecule has 3 rings (SSSR count). The maximum Gasteiger partial charge on any atom is 0.272 e.